The van der Waals surface area contributed by atoms with Crippen molar-refractivity contribution in [3.63, 3.8) is 0 Å². The number of carbonyl (C=O) groups is 1. The van der Waals surface area contributed by atoms with Crippen molar-refractivity contribution >= 4 is 5.91 Å². The van der Waals surface area contributed by atoms with Crippen molar-refractivity contribution in [2.24, 2.45) is 11.1 Å². The summed E-state index contributed by atoms with van der Waals surface area (Å²) in [7, 11) is 0. The second kappa shape index (κ2) is 8.02. The Kier molecular flexibility index (Phi) is 6.34. The predicted molar refractivity (Wildman–Crippen MR) is 83.5 cm³/mol. The zero-order chi connectivity index (χ0) is 14.3. The van der Waals surface area contributed by atoms with Crippen molar-refractivity contribution in [3.05, 3.63) is 0 Å². The van der Waals surface area contributed by atoms with Gasteiger partial charge in [0, 0.05) is 19.5 Å². The molecule has 3 heteroatoms. The number of likely N-dealkylation sites (tertiary alicyclic amines) is 1. The average molecular weight is 280 g/mol. The lowest BCUT2D eigenvalue weighted by molar-refractivity contribution is -0.134. The first-order valence-corrected chi connectivity index (χ1v) is 8.74. The number of hydrogen-bond donors (Lipinski definition) is 1. The molecule has 0 aromatic carbocycles. The standard InChI is InChI=1S/C17H32N2O/c18-13-7-2-1-4-8-16(20)19-14-11-17(12-15-19)9-5-3-6-10-17/h1-15,18H2. The third kappa shape index (κ3) is 4.47. The van der Waals surface area contributed by atoms with Crippen LogP contribution >= 0.6 is 0 Å². The second-order valence-corrected chi connectivity index (χ2v) is 6.89. The van der Waals surface area contributed by atoms with Gasteiger partial charge in [-0.25, -0.2) is 0 Å². The van der Waals surface area contributed by atoms with E-state index in [1.54, 1.807) is 0 Å². The molecule has 1 saturated carbocycles. The highest BCUT2D eigenvalue weighted by molar-refractivity contribution is 5.76. The Morgan fingerprint density at radius 2 is 1.55 bits per heavy atom. The summed E-state index contributed by atoms with van der Waals surface area (Å²) in [4.78, 5) is 14.3. The molecule has 1 amide bonds. The van der Waals surface area contributed by atoms with Crippen molar-refractivity contribution < 1.29 is 4.79 Å². The van der Waals surface area contributed by atoms with Crippen LogP contribution in [0.1, 0.15) is 77.0 Å². The molecule has 0 radical (unpaired) electrons. The molecule has 2 N–H and O–H groups in total. The van der Waals surface area contributed by atoms with Crippen LogP contribution in [0.25, 0.3) is 0 Å². The third-order valence-electron chi connectivity index (χ3n) is 5.44. The molecule has 2 aliphatic rings. The zero-order valence-corrected chi connectivity index (χ0v) is 13.0. The number of nitrogens with two attached hydrogens (primary N) is 1. The van der Waals surface area contributed by atoms with E-state index < -0.39 is 0 Å². The Balaban J connectivity index is 1.64. The minimum absolute atomic E-state index is 0.392. The van der Waals surface area contributed by atoms with Gasteiger partial charge in [-0.15, -0.1) is 0 Å². The van der Waals surface area contributed by atoms with E-state index in [1.807, 2.05) is 0 Å². The van der Waals surface area contributed by atoms with E-state index in [2.05, 4.69) is 4.90 Å². The summed E-state index contributed by atoms with van der Waals surface area (Å²) in [5.41, 5.74) is 6.09. The molecule has 1 spiro atoms. The first kappa shape index (κ1) is 15.8. The molecule has 0 bridgehead atoms. The molecule has 0 aromatic heterocycles. The van der Waals surface area contributed by atoms with Gasteiger partial charge >= 0.3 is 0 Å². The van der Waals surface area contributed by atoms with E-state index >= 15 is 0 Å². The Bertz CT molecular complexity index is 287. The lowest BCUT2D eigenvalue weighted by atomic mass is 9.68. The Morgan fingerprint density at radius 3 is 2.20 bits per heavy atom. The number of amides is 1. The summed E-state index contributed by atoms with van der Waals surface area (Å²) in [6.45, 7) is 2.81. The van der Waals surface area contributed by atoms with Gasteiger partial charge in [-0.2, -0.15) is 0 Å². The maximum Gasteiger partial charge on any atom is 0.222 e. The van der Waals surface area contributed by atoms with Gasteiger partial charge in [0.15, 0.2) is 0 Å². The predicted octanol–water partition coefficient (Wildman–Crippen LogP) is 3.47. The Hall–Kier alpha value is -0.570. The zero-order valence-electron chi connectivity index (χ0n) is 13.0. The van der Waals surface area contributed by atoms with E-state index in [4.69, 9.17) is 5.73 Å². The second-order valence-electron chi connectivity index (χ2n) is 6.89. The van der Waals surface area contributed by atoms with Gasteiger partial charge in [-0.05, 0) is 50.5 Å². The number of hydrogen-bond acceptors (Lipinski definition) is 2. The molecular weight excluding hydrogens is 248 g/mol. The third-order valence-corrected chi connectivity index (χ3v) is 5.44. The highest BCUT2D eigenvalue weighted by atomic mass is 16.2. The van der Waals surface area contributed by atoms with Crippen LogP contribution in [0.15, 0.2) is 0 Å². The number of nitrogens with zero attached hydrogens (tertiary/aromatic N) is 1. The minimum Gasteiger partial charge on any atom is -0.343 e. The van der Waals surface area contributed by atoms with Gasteiger partial charge in [-0.3, -0.25) is 4.79 Å². The molecule has 1 saturated heterocycles. The summed E-state index contributed by atoms with van der Waals surface area (Å²) in [5.74, 6) is 0.392. The van der Waals surface area contributed by atoms with Gasteiger partial charge in [0.05, 0.1) is 0 Å². The molecule has 116 valence electrons. The largest absolute Gasteiger partial charge is 0.343 e. The van der Waals surface area contributed by atoms with Crippen LogP contribution in [0, 0.1) is 5.41 Å². The SMILES string of the molecule is NCCCCCCC(=O)N1CCC2(CCCCC2)CC1. The van der Waals surface area contributed by atoms with Crippen molar-refractivity contribution in [3.8, 4) is 0 Å². The van der Waals surface area contributed by atoms with Crippen molar-refractivity contribution in [2.75, 3.05) is 19.6 Å². The molecule has 0 atom stereocenters. The first-order valence-electron chi connectivity index (χ1n) is 8.74. The van der Waals surface area contributed by atoms with Crippen LogP contribution in [0.4, 0.5) is 0 Å². The minimum atomic E-state index is 0.392. The summed E-state index contributed by atoms with van der Waals surface area (Å²) < 4.78 is 0. The Labute approximate surface area is 124 Å². The maximum atomic E-state index is 12.2. The van der Waals surface area contributed by atoms with Crippen LogP contribution < -0.4 is 5.73 Å². The molecule has 1 aliphatic heterocycles. The fraction of sp³-hybridized carbons (Fsp3) is 0.941. The molecule has 0 unspecified atom stereocenters. The number of piperidine rings is 1. The summed E-state index contributed by atoms with van der Waals surface area (Å²) in [6.07, 6.45) is 14.8. The summed E-state index contributed by atoms with van der Waals surface area (Å²) in [6, 6.07) is 0. The van der Waals surface area contributed by atoms with Crippen LogP contribution in [-0.2, 0) is 4.79 Å². The molecule has 1 heterocycles. The molecule has 1 aliphatic carbocycles. The summed E-state index contributed by atoms with van der Waals surface area (Å²) >= 11 is 0. The van der Waals surface area contributed by atoms with Crippen LogP contribution in [0.2, 0.25) is 0 Å². The molecule has 2 fully saturated rings. The first-order chi connectivity index (χ1) is 9.76. The molecular formula is C17H32N2O. The molecule has 0 aromatic rings. The van der Waals surface area contributed by atoms with E-state index in [0.717, 1.165) is 45.3 Å². The van der Waals surface area contributed by atoms with Crippen LogP contribution in [-0.4, -0.2) is 30.4 Å². The normalized spacial score (nSPS) is 22.1. The van der Waals surface area contributed by atoms with E-state index in [0.29, 0.717) is 11.3 Å². The van der Waals surface area contributed by atoms with Crippen LogP contribution in [0.3, 0.4) is 0 Å². The van der Waals surface area contributed by atoms with Gasteiger partial charge in [-0.1, -0.05) is 32.1 Å². The topological polar surface area (TPSA) is 46.3 Å². The van der Waals surface area contributed by atoms with E-state index in [1.165, 1.54) is 51.4 Å². The van der Waals surface area contributed by atoms with Gasteiger partial charge in [0.2, 0.25) is 5.91 Å². The number of rotatable bonds is 6. The maximum absolute atomic E-state index is 12.2. The van der Waals surface area contributed by atoms with E-state index in [-0.39, 0.29) is 0 Å². The lowest BCUT2D eigenvalue weighted by Crippen LogP contribution is -2.43. The molecule has 3 nitrogen and oxygen atoms in total. The van der Waals surface area contributed by atoms with Crippen LogP contribution in [0.5, 0.6) is 0 Å². The monoisotopic (exact) mass is 280 g/mol. The fourth-order valence-electron chi connectivity index (χ4n) is 3.96. The van der Waals surface area contributed by atoms with Gasteiger partial charge < -0.3 is 10.6 Å². The van der Waals surface area contributed by atoms with E-state index in [9.17, 15) is 4.79 Å². The average Bonchev–Trinajstić information content (AvgIpc) is 2.48. The van der Waals surface area contributed by atoms with Gasteiger partial charge in [0.25, 0.3) is 0 Å². The highest BCUT2D eigenvalue weighted by Crippen LogP contribution is 2.44. The quantitative estimate of drug-likeness (QED) is 0.757. The van der Waals surface area contributed by atoms with Crippen molar-refractivity contribution in [2.45, 2.75) is 77.0 Å². The smallest absolute Gasteiger partial charge is 0.222 e. The lowest BCUT2D eigenvalue weighted by Gasteiger charge is -2.44. The number of carbonyl (C=O) groups excluding carboxylic acids is 1. The molecule has 20 heavy (non-hydrogen) atoms. The highest BCUT2D eigenvalue weighted by Gasteiger charge is 2.36. The van der Waals surface area contributed by atoms with Gasteiger partial charge in [0.1, 0.15) is 0 Å². The fourth-order valence-corrected chi connectivity index (χ4v) is 3.96. The summed E-state index contributed by atoms with van der Waals surface area (Å²) in [5, 5.41) is 0. The Morgan fingerprint density at radius 1 is 0.900 bits per heavy atom. The number of unbranched alkanes of at least 4 members (excludes halogenated alkanes) is 3. The van der Waals surface area contributed by atoms with Crippen molar-refractivity contribution in [1.82, 2.24) is 4.90 Å². The van der Waals surface area contributed by atoms with Crippen molar-refractivity contribution in [1.29, 1.82) is 0 Å². The molecule has 2 rings (SSSR count).